The molecule has 0 saturated heterocycles. The summed E-state index contributed by atoms with van der Waals surface area (Å²) in [6.45, 7) is 10.8. The van der Waals surface area contributed by atoms with Gasteiger partial charge in [0.1, 0.15) is 0 Å². The van der Waals surface area contributed by atoms with Gasteiger partial charge in [0.2, 0.25) is 5.91 Å². The summed E-state index contributed by atoms with van der Waals surface area (Å²) in [5.41, 5.74) is 2.24. The maximum atomic E-state index is 12.0. The van der Waals surface area contributed by atoms with Gasteiger partial charge in [-0.15, -0.1) is 0 Å². The fraction of sp³-hybridized carbons (Fsp3) is 0.562. The lowest BCUT2D eigenvalue weighted by Gasteiger charge is -2.23. The molecule has 0 aromatic heterocycles. The molecule has 1 aromatic carbocycles. The van der Waals surface area contributed by atoms with Crippen molar-refractivity contribution in [1.29, 1.82) is 0 Å². The van der Waals surface area contributed by atoms with Gasteiger partial charge in [0, 0.05) is 16.6 Å². The van der Waals surface area contributed by atoms with Crippen molar-refractivity contribution in [3.8, 4) is 0 Å². The minimum absolute atomic E-state index is 0.0953. The van der Waals surface area contributed by atoms with Gasteiger partial charge < -0.3 is 5.32 Å². The van der Waals surface area contributed by atoms with E-state index in [0.29, 0.717) is 12.3 Å². The molecule has 1 aromatic rings. The number of benzene rings is 1. The first-order valence-corrected chi connectivity index (χ1v) is 7.53. The first-order chi connectivity index (χ1) is 8.67. The van der Waals surface area contributed by atoms with Gasteiger partial charge in [0.25, 0.3) is 0 Å². The summed E-state index contributed by atoms with van der Waals surface area (Å²) < 4.78 is 0.983. The lowest BCUT2D eigenvalue weighted by atomic mass is 9.84. The second kappa shape index (κ2) is 6.56. The van der Waals surface area contributed by atoms with Crippen molar-refractivity contribution < 1.29 is 4.79 Å². The molecule has 1 N–H and O–H groups in total. The van der Waals surface area contributed by atoms with Gasteiger partial charge in [-0.3, -0.25) is 4.79 Å². The van der Waals surface area contributed by atoms with Crippen molar-refractivity contribution >= 4 is 27.5 Å². The molecule has 0 aliphatic carbocycles. The maximum absolute atomic E-state index is 12.0. The van der Waals surface area contributed by atoms with E-state index in [1.807, 2.05) is 25.1 Å². The van der Waals surface area contributed by atoms with Crippen molar-refractivity contribution in [3.05, 3.63) is 28.2 Å². The number of carbonyl (C=O) groups excluding carboxylic acids is 1. The van der Waals surface area contributed by atoms with E-state index in [9.17, 15) is 4.79 Å². The minimum atomic E-state index is 0.0953. The summed E-state index contributed by atoms with van der Waals surface area (Å²) in [4.78, 5) is 12.0. The van der Waals surface area contributed by atoms with Gasteiger partial charge >= 0.3 is 0 Å². The monoisotopic (exact) mass is 325 g/mol. The van der Waals surface area contributed by atoms with Crippen LogP contribution >= 0.6 is 15.9 Å². The highest BCUT2D eigenvalue weighted by molar-refractivity contribution is 9.10. The lowest BCUT2D eigenvalue weighted by Crippen LogP contribution is -2.19. The van der Waals surface area contributed by atoms with Gasteiger partial charge in [-0.25, -0.2) is 0 Å². The third kappa shape index (κ3) is 6.24. The Kier molecular flexibility index (Phi) is 5.60. The van der Waals surface area contributed by atoms with Crippen LogP contribution in [-0.4, -0.2) is 5.91 Å². The average molecular weight is 326 g/mol. The first kappa shape index (κ1) is 16.2. The molecule has 0 bridgehead atoms. The Balaban J connectivity index is 2.58. The second-order valence-electron chi connectivity index (χ2n) is 6.58. The first-order valence-electron chi connectivity index (χ1n) is 6.73. The van der Waals surface area contributed by atoms with Crippen LogP contribution in [0.15, 0.2) is 22.7 Å². The number of anilines is 1. The molecule has 0 saturated carbocycles. The third-order valence-electron chi connectivity index (χ3n) is 2.97. The number of rotatable bonds is 4. The van der Waals surface area contributed by atoms with E-state index in [-0.39, 0.29) is 11.3 Å². The second-order valence-corrected chi connectivity index (χ2v) is 7.50. The normalized spacial score (nSPS) is 13.2. The van der Waals surface area contributed by atoms with E-state index < -0.39 is 0 Å². The molecule has 3 heteroatoms. The fourth-order valence-corrected chi connectivity index (χ4v) is 2.73. The number of amides is 1. The smallest absolute Gasteiger partial charge is 0.224 e. The predicted octanol–water partition coefficient (Wildman–Crippen LogP) is 5.16. The summed E-state index contributed by atoms with van der Waals surface area (Å²) >= 11 is 3.43. The highest BCUT2D eigenvalue weighted by atomic mass is 79.9. The molecule has 1 amide bonds. The van der Waals surface area contributed by atoms with Gasteiger partial charge in [-0.05, 0) is 42.4 Å². The van der Waals surface area contributed by atoms with Crippen LogP contribution in [0.2, 0.25) is 0 Å². The molecular weight excluding hydrogens is 302 g/mol. The minimum Gasteiger partial charge on any atom is -0.326 e. The van der Waals surface area contributed by atoms with Gasteiger partial charge in [0.15, 0.2) is 0 Å². The predicted molar refractivity (Wildman–Crippen MR) is 85.4 cm³/mol. The molecule has 1 rings (SSSR count). The molecule has 0 aliphatic heterocycles. The van der Waals surface area contributed by atoms with Crippen LogP contribution < -0.4 is 5.32 Å². The average Bonchev–Trinajstić information content (AvgIpc) is 2.20. The van der Waals surface area contributed by atoms with Gasteiger partial charge in [-0.1, -0.05) is 49.7 Å². The van der Waals surface area contributed by atoms with Crippen LogP contribution in [0, 0.1) is 18.3 Å². The number of halogens is 1. The number of carbonyl (C=O) groups is 1. The Morgan fingerprint density at radius 3 is 2.58 bits per heavy atom. The van der Waals surface area contributed by atoms with Crippen LogP contribution in [0.1, 0.15) is 46.1 Å². The molecule has 19 heavy (non-hydrogen) atoms. The molecule has 0 aliphatic rings. The number of aryl methyl sites for hydroxylation is 1. The summed E-state index contributed by atoms with van der Waals surface area (Å²) in [5.74, 6) is 0.491. The zero-order valence-electron chi connectivity index (χ0n) is 12.5. The Labute approximate surface area is 125 Å². The van der Waals surface area contributed by atoms with Crippen LogP contribution in [0.5, 0.6) is 0 Å². The SMILES string of the molecule is Cc1ccc(Br)cc1NC(=O)CC(C)CC(C)(C)C. The zero-order chi connectivity index (χ0) is 14.6. The van der Waals surface area contributed by atoms with Crippen LogP contribution in [0.25, 0.3) is 0 Å². The van der Waals surface area contributed by atoms with Crippen LogP contribution in [-0.2, 0) is 4.79 Å². The Morgan fingerprint density at radius 2 is 2.00 bits per heavy atom. The highest BCUT2D eigenvalue weighted by Gasteiger charge is 2.18. The summed E-state index contributed by atoms with van der Waals surface area (Å²) in [5, 5.41) is 3.00. The van der Waals surface area contributed by atoms with E-state index in [2.05, 4.69) is 48.9 Å². The molecular formula is C16H24BrNO. The van der Waals surface area contributed by atoms with Crippen molar-refractivity contribution in [1.82, 2.24) is 0 Å². The fourth-order valence-electron chi connectivity index (χ4n) is 2.36. The van der Waals surface area contributed by atoms with Crippen molar-refractivity contribution in [2.24, 2.45) is 11.3 Å². The van der Waals surface area contributed by atoms with Gasteiger partial charge in [0.05, 0.1) is 0 Å². The van der Waals surface area contributed by atoms with Crippen LogP contribution in [0.3, 0.4) is 0 Å². The Bertz CT molecular complexity index is 449. The van der Waals surface area contributed by atoms with Gasteiger partial charge in [-0.2, -0.15) is 0 Å². The molecule has 0 heterocycles. The quantitative estimate of drug-likeness (QED) is 0.814. The molecule has 106 valence electrons. The lowest BCUT2D eigenvalue weighted by molar-refractivity contribution is -0.117. The van der Waals surface area contributed by atoms with E-state index in [1.165, 1.54) is 0 Å². The van der Waals surface area contributed by atoms with E-state index in [1.54, 1.807) is 0 Å². The summed E-state index contributed by atoms with van der Waals surface area (Å²) in [6.07, 6.45) is 1.63. The maximum Gasteiger partial charge on any atom is 0.224 e. The molecule has 0 spiro atoms. The number of nitrogens with one attached hydrogen (secondary N) is 1. The zero-order valence-corrected chi connectivity index (χ0v) is 14.1. The summed E-state index contributed by atoms with van der Waals surface area (Å²) in [7, 11) is 0. The number of hydrogen-bond donors (Lipinski definition) is 1. The Hall–Kier alpha value is -0.830. The van der Waals surface area contributed by atoms with Crippen molar-refractivity contribution in [2.75, 3.05) is 5.32 Å². The summed E-state index contributed by atoms with van der Waals surface area (Å²) in [6, 6.07) is 5.92. The topological polar surface area (TPSA) is 29.1 Å². The van der Waals surface area contributed by atoms with E-state index >= 15 is 0 Å². The molecule has 0 radical (unpaired) electrons. The van der Waals surface area contributed by atoms with E-state index in [4.69, 9.17) is 0 Å². The highest BCUT2D eigenvalue weighted by Crippen LogP contribution is 2.26. The van der Waals surface area contributed by atoms with E-state index in [0.717, 1.165) is 22.1 Å². The van der Waals surface area contributed by atoms with Crippen molar-refractivity contribution in [2.45, 2.75) is 47.5 Å². The Morgan fingerprint density at radius 1 is 1.37 bits per heavy atom. The number of hydrogen-bond acceptors (Lipinski definition) is 1. The standard InChI is InChI=1S/C16H24BrNO/c1-11(10-16(3,4)5)8-15(19)18-14-9-13(17)7-6-12(14)2/h6-7,9,11H,8,10H2,1-5H3,(H,18,19). The largest absolute Gasteiger partial charge is 0.326 e. The molecule has 1 atom stereocenters. The molecule has 0 fully saturated rings. The third-order valence-corrected chi connectivity index (χ3v) is 3.46. The molecule has 1 unspecified atom stereocenters. The van der Waals surface area contributed by atoms with Crippen LogP contribution in [0.4, 0.5) is 5.69 Å². The van der Waals surface area contributed by atoms with Crippen molar-refractivity contribution in [3.63, 3.8) is 0 Å². The molecule has 2 nitrogen and oxygen atoms in total.